The number of nitro groups is 1. The predicted octanol–water partition coefficient (Wildman–Crippen LogP) is 2.29. The minimum atomic E-state index is -4.36. The van der Waals surface area contributed by atoms with Gasteiger partial charge in [0.05, 0.1) is 17.6 Å². The van der Waals surface area contributed by atoms with Gasteiger partial charge in [0.2, 0.25) is 0 Å². The van der Waals surface area contributed by atoms with Crippen molar-refractivity contribution in [3.05, 3.63) is 27.9 Å². The highest BCUT2D eigenvalue weighted by molar-refractivity contribution is 5.48. The van der Waals surface area contributed by atoms with Crippen molar-refractivity contribution in [3.8, 4) is 0 Å². The fourth-order valence-electron chi connectivity index (χ4n) is 1.25. The number of nitrogens with zero attached hydrogens (tertiary/aromatic N) is 2. The molecule has 0 spiro atoms. The van der Waals surface area contributed by atoms with E-state index in [1.165, 1.54) is 12.3 Å². The Labute approximate surface area is 106 Å². The summed E-state index contributed by atoms with van der Waals surface area (Å²) in [5, 5.41) is 13.3. The van der Waals surface area contributed by atoms with Gasteiger partial charge in [-0.05, 0) is 6.92 Å². The summed E-state index contributed by atoms with van der Waals surface area (Å²) in [5.41, 5.74) is 0.303. The first-order valence-corrected chi connectivity index (χ1v) is 5.29. The van der Waals surface area contributed by atoms with Gasteiger partial charge in [-0.2, -0.15) is 13.2 Å². The van der Waals surface area contributed by atoms with Gasteiger partial charge in [-0.1, -0.05) is 0 Å². The topological polar surface area (TPSA) is 77.3 Å². The maximum absolute atomic E-state index is 11.8. The Balaban J connectivity index is 2.42. The number of ether oxygens (including phenoxy) is 1. The molecule has 19 heavy (non-hydrogen) atoms. The molecule has 106 valence electrons. The van der Waals surface area contributed by atoms with Crippen LogP contribution in [0.5, 0.6) is 0 Å². The summed E-state index contributed by atoms with van der Waals surface area (Å²) in [4.78, 5) is 14.0. The molecule has 0 aliphatic carbocycles. The lowest BCUT2D eigenvalue weighted by atomic mass is 10.2. The zero-order valence-corrected chi connectivity index (χ0v) is 10.0. The lowest BCUT2D eigenvalue weighted by Gasteiger charge is -2.09. The molecule has 1 N–H and O–H groups in total. The van der Waals surface area contributed by atoms with E-state index in [1.54, 1.807) is 6.92 Å². The number of rotatable bonds is 6. The monoisotopic (exact) mass is 279 g/mol. The lowest BCUT2D eigenvalue weighted by Crippen LogP contribution is -2.20. The smallest absolute Gasteiger partial charge is 0.370 e. The molecule has 0 radical (unpaired) electrons. The molecule has 0 aliphatic heterocycles. The van der Waals surface area contributed by atoms with E-state index in [0.29, 0.717) is 5.56 Å². The molecule has 1 heterocycles. The Morgan fingerprint density at radius 1 is 1.53 bits per heavy atom. The number of alkyl halides is 3. The zero-order chi connectivity index (χ0) is 14.5. The standard InChI is InChI=1S/C10H12F3N3O3/c1-7-5-15-9(4-8(7)16(17)18)14-2-3-19-6-10(11,12)13/h4-5H,2-3,6H2,1H3,(H,14,15). The maximum Gasteiger partial charge on any atom is 0.411 e. The van der Waals surface area contributed by atoms with E-state index in [2.05, 4.69) is 15.0 Å². The lowest BCUT2D eigenvalue weighted by molar-refractivity contribution is -0.385. The molecule has 1 aromatic rings. The van der Waals surface area contributed by atoms with Gasteiger partial charge in [0, 0.05) is 18.3 Å². The highest BCUT2D eigenvalue weighted by atomic mass is 19.4. The van der Waals surface area contributed by atoms with E-state index in [4.69, 9.17) is 0 Å². The molecule has 0 bridgehead atoms. The summed E-state index contributed by atoms with van der Waals surface area (Å²) in [6, 6.07) is 1.22. The van der Waals surface area contributed by atoms with E-state index in [9.17, 15) is 23.3 Å². The van der Waals surface area contributed by atoms with Crippen LogP contribution in [-0.2, 0) is 4.74 Å². The molecular weight excluding hydrogens is 267 g/mol. The van der Waals surface area contributed by atoms with Crippen LogP contribution in [0.25, 0.3) is 0 Å². The van der Waals surface area contributed by atoms with Crippen LogP contribution in [0, 0.1) is 17.0 Å². The van der Waals surface area contributed by atoms with Gasteiger partial charge < -0.3 is 10.1 Å². The van der Waals surface area contributed by atoms with Crippen LogP contribution in [-0.4, -0.2) is 35.8 Å². The second-order valence-corrected chi connectivity index (χ2v) is 3.71. The van der Waals surface area contributed by atoms with Crippen molar-refractivity contribution < 1.29 is 22.8 Å². The molecule has 0 saturated carbocycles. The molecule has 1 aromatic heterocycles. The van der Waals surface area contributed by atoms with E-state index in [-0.39, 0.29) is 24.7 Å². The number of anilines is 1. The van der Waals surface area contributed by atoms with Gasteiger partial charge >= 0.3 is 6.18 Å². The fraction of sp³-hybridized carbons (Fsp3) is 0.500. The van der Waals surface area contributed by atoms with Gasteiger partial charge in [-0.15, -0.1) is 0 Å². The quantitative estimate of drug-likeness (QED) is 0.491. The number of aryl methyl sites for hydroxylation is 1. The summed E-state index contributed by atoms with van der Waals surface area (Å²) >= 11 is 0. The van der Waals surface area contributed by atoms with E-state index in [0.717, 1.165) is 0 Å². The van der Waals surface area contributed by atoms with Crippen molar-refractivity contribution in [1.82, 2.24) is 4.98 Å². The third-order valence-corrected chi connectivity index (χ3v) is 2.09. The van der Waals surface area contributed by atoms with Crippen LogP contribution in [0.15, 0.2) is 12.3 Å². The first-order chi connectivity index (χ1) is 8.79. The van der Waals surface area contributed by atoms with Crippen LogP contribution in [0.2, 0.25) is 0 Å². The Morgan fingerprint density at radius 3 is 2.79 bits per heavy atom. The van der Waals surface area contributed by atoms with Crippen molar-refractivity contribution in [2.45, 2.75) is 13.1 Å². The molecule has 0 atom stereocenters. The number of hydrogen-bond donors (Lipinski definition) is 1. The first-order valence-electron chi connectivity index (χ1n) is 5.29. The maximum atomic E-state index is 11.8. The SMILES string of the molecule is Cc1cnc(NCCOCC(F)(F)F)cc1[N+](=O)[O-]. The molecule has 0 fully saturated rings. The van der Waals surface area contributed by atoms with E-state index in [1.807, 2.05) is 0 Å². The largest absolute Gasteiger partial charge is 0.411 e. The Morgan fingerprint density at radius 2 is 2.21 bits per heavy atom. The summed E-state index contributed by atoms with van der Waals surface area (Å²) in [6.45, 7) is 0.115. The molecule has 0 unspecified atom stereocenters. The van der Waals surface area contributed by atoms with Crippen LogP contribution >= 0.6 is 0 Å². The number of halogens is 3. The normalized spacial score (nSPS) is 11.4. The number of pyridine rings is 1. The van der Waals surface area contributed by atoms with Crippen molar-refractivity contribution in [1.29, 1.82) is 0 Å². The first kappa shape index (κ1) is 15.2. The summed E-state index contributed by atoms with van der Waals surface area (Å²) < 4.78 is 39.7. The average Bonchev–Trinajstić information content (AvgIpc) is 2.29. The van der Waals surface area contributed by atoms with Gasteiger partial charge in [-0.25, -0.2) is 4.98 Å². The highest BCUT2D eigenvalue weighted by Crippen LogP contribution is 2.19. The van der Waals surface area contributed by atoms with Gasteiger partial charge in [0.15, 0.2) is 0 Å². The minimum absolute atomic E-state index is 0.0727. The molecule has 6 nitrogen and oxygen atoms in total. The van der Waals surface area contributed by atoms with Crippen molar-refractivity contribution in [2.24, 2.45) is 0 Å². The summed E-state index contributed by atoms with van der Waals surface area (Å²) in [6.07, 6.45) is -3.04. The van der Waals surface area contributed by atoms with Crippen molar-refractivity contribution >= 4 is 11.5 Å². The number of hydrogen-bond acceptors (Lipinski definition) is 5. The minimum Gasteiger partial charge on any atom is -0.370 e. The fourth-order valence-corrected chi connectivity index (χ4v) is 1.25. The van der Waals surface area contributed by atoms with E-state index < -0.39 is 17.7 Å². The van der Waals surface area contributed by atoms with Gasteiger partial charge in [-0.3, -0.25) is 10.1 Å². The van der Waals surface area contributed by atoms with Gasteiger partial charge in [0.25, 0.3) is 5.69 Å². The third-order valence-electron chi connectivity index (χ3n) is 2.09. The van der Waals surface area contributed by atoms with Crippen LogP contribution in [0.3, 0.4) is 0 Å². The van der Waals surface area contributed by atoms with Crippen LogP contribution in [0.4, 0.5) is 24.7 Å². The zero-order valence-electron chi connectivity index (χ0n) is 10.0. The molecule has 0 aliphatic rings. The molecule has 9 heteroatoms. The average molecular weight is 279 g/mol. The third kappa shape index (κ3) is 5.51. The molecule has 1 rings (SSSR count). The second kappa shape index (κ2) is 6.32. The van der Waals surface area contributed by atoms with Crippen molar-refractivity contribution in [2.75, 3.05) is 25.1 Å². The second-order valence-electron chi connectivity index (χ2n) is 3.71. The molecular formula is C10H12F3N3O3. The molecule has 0 aromatic carbocycles. The highest BCUT2D eigenvalue weighted by Gasteiger charge is 2.27. The van der Waals surface area contributed by atoms with Crippen LogP contribution in [0.1, 0.15) is 5.56 Å². The summed E-state index contributed by atoms with van der Waals surface area (Å²) in [7, 11) is 0. The van der Waals surface area contributed by atoms with E-state index >= 15 is 0 Å². The Hall–Kier alpha value is -1.90. The Kier molecular flexibility index (Phi) is 5.04. The molecule has 0 saturated heterocycles. The Bertz CT molecular complexity index is 451. The van der Waals surface area contributed by atoms with Crippen molar-refractivity contribution in [3.63, 3.8) is 0 Å². The number of aromatic nitrogens is 1. The number of nitrogens with one attached hydrogen (secondary N) is 1. The summed E-state index contributed by atoms with van der Waals surface area (Å²) in [5.74, 6) is 0.216. The van der Waals surface area contributed by atoms with Gasteiger partial charge in [0.1, 0.15) is 12.4 Å². The van der Waals surface area contributed by atoms with Crippen LogP contribution < -0.4 is 5.32 Å². The predicted molar refractivity (Wildman–Crippen MR) is 61.0 cm³/mol. The molecule has 0 amide bonds.